The first-order chi connectivity index (χ1) is 7.45. The van der Waals surface area contributed by atoms with Crippen LogP contribution in [0.5, 0.6) is 0 Å². The Morgan fingerprint density at radius 1 is 1.38 bits per heavy atom. The van der Waals surface area contributed by atoms with Gasteiger partial charge in [-0.3, -0.25) is 0 Å². The van der Waals surface area contributed by atoms with Crippen molar-refractivity contribution in [1.82, 2.24) is 0 Å². The maximum Gasteiger partial charge on any atom is 0.389 e. The van der Waals surface area contributed by atoms with Crippen LogP contribution >= 0.6 is 0 Å². The summed E-state index contributed by atoms with van der Waals surface area (Å²) in [4.78, 5) is 10.8. The Bertz CT molecular complexity index is 224. The van der Waals surface area contributed by atoms with Crippen LogP contribution in [0.1, 0.15) is 19.8 Å². The Morgan fingerprint density at radius 2 is 2.06 bits per heavy atom. The molecule has 0 fully saturated rings. The number of carbonyl (C=O) groups is 1. The second-order valence-electron chi connectivity index (χ2n) is 2.95. The van der Waals surface area contributed by atoms with Gasteiger partial charge in [-0.2, -0.15) is 13.2 Å². The van der Waals surface area contributed by atoms with Crippen LogP contribution in [0.2, 0.25) is 0 Å². The zero-order valence-corrected chi connectivity index (χ0v) is 9.05. The van der Waals surface area contributed by atoms with Gasteiger partial charge in [0.15, 0.2) is 0 Å². The van der Waals surface area contributed by atoms with E-state index < -0.39 is 18.6 Å². The average molecular weight is 240 g/mol. The van der Waals surface area contributed by atoms with Gasteiger partial charge in [0.2, 0.25) is 0 Å². The van der Waals surface area contributed by atoms with Crippen molar-refractivity contribution in [2.24, 2.45) is 0 Å². The fourth-order valence-corrected chi connectivity index (χ4v) is 0.861. The summed E-state index contributed by atoms with van der Waals surface area (Å²) in [7, 11) is 0. The van der Waals surface area contributed by atoms with Crippen molar-refractivity contribution in [3.05, 3.63) is 12.2 Å². The molecule has 3 nitrogen and oxygen atoms in total. The van der Waals surface area contributed by atoms with Crippen LogP contribution in [-0.2, 0) is 14.3 Å². The van der Waals surface area contributed by atoms with Crippen LogP contribution in [0.3, 0.4) is 0 Å². The molecule has 94 valence electrons. The van der Waals surface area contributed by atoms with Crippen LogP contribution in [0, 0.1) is 0 Å². The lowest BCUT2D eigenvalue weighted by Gasteiger charge is -2.05. The molecule has 0 aliphatic rings. The smallest absolute Gasteiger partial charge is 0.389 e. The second-order valence-corrected chi connectivity index (χ2v) is 2.95. The Kier molecular flexibility index (Phi) is 7.62. The first kappa shape index (κ1) is 15.0. The molecule has 0 amide bonds. The van der Waals surface area contributed by atoms with E-state index in [0.29, 0.717) is 0 Å². The van der Waals surface area contributed by atoms with Crippen LogP contribution in [-0.4, -0.2) is 32.0 Å². The summed E-state index contributed by atoms with van der Waals surface area (Å²) in [6, 6.07) is 0. The molecule has 0 aliphatic carbocycles. The number of esters is 1. The molecule has 0 bridgehead atoms. The van der Waals surface area contributed by atoms with E-state index in [-0.39, 0.29) is 26.2 Å². The van der Waals surface area contributed by atoms with E-state index in [0.717, 1.165) is 0 Å². The SMILES string of the molecule is CCOC(=O)/C=C/COCCCC(F)(F)F. The summed E-state index contributed by atoms with van der Waals surface area (Å²) in [5, 5.41) is 0. The molecule has 0 radical (unpaired) electrons. The lowest BCUT2D eigenvalue weighted by atomic mass is 10.3. The van der Waals surface area contributed by atoms with Crippen molar-refractivity contribution in [3.63, 3.8) is 0 Å². The average Bonchev–Trinajstić information content (AvgIpc) is 2.15. The lowest BCUT2D eigenvalue weighted by molar-refractivity contribution is -0.138. The predicted octanol–water partition coefficient (Wildman–Crippen LogP) is 2.46. The fourth-order valence-electron chi connectivity index (χ4n) is 0.861. The summed E-state index contributed by atoms with van der Waals surface area (Å²) >= 11 is 0. The van der Waals surface area contributed by atoms with Gasteiger partial charge in [-0.05, 0) is 13.3 Å². The van der Waals surface area contributed by atoms with Crippen LogP contribution in [0.4, 0.5) is 13.2 Å². The van der Waals surface area contributed by atoms with Gasteiger partial charge in [0.1, 0.15) is 0 Å². The Morgan fingerprint density at radius 3 is 2.62 bits per heavy atom. The van der Waals surface area contributed by atoms with E-state index in [1.807, 2.05) is 0 Å². The summed E-state index contributed by atoms with van der Waals surface area (Å²) in [6.07, 6.45) is -2.46. The molecule has 6 heteroatoms. The standard InChI is InChI=1S/C10H15F3O3/c1-2-16-9(14)5-3-7-15-8-4-6-10(11,12)13/h3,5H,2,4,6-8H2,1H3/b5-3+. The van der Waals surface area contributed by atoms with Gasteiger partial charge >= 0.3 is 12.1 Å². The molecule has 0 atom stereocenters. The molecule has 0 spiro atoms. The summed E-state index contributed by atoms with van der Waals surface area (Å²) in [5.41, 5.74) is 0. The third-order valence-electron chi connectivity index (χ3n) is 1.50. The van der Waals surface area contributed by atoms with Gasteiger partial charge in [0, 0.05) is 19.1 Å². The van der Waals surface area contributed by atoms with Crippen molar-refractivity contribution in [3.8, 4) is 0 Å². The number of alkyl halides is 3. The molecule has 0 heterocycles. The molecular weight excluding hydrogens is 225 g/mol. The van der Waals surface area contributed by atoms with Gasteiger partial charge in [-0.1, -0.05) is 6.08 Å². The number of hydrogen-bond donors (Lipinski definition) is 0. The van der Waals surface area contributed by atoms with Crippen molar-refractivity contribution >= 4 is 5.97 Å². The summed E-state index contributed by atoms with van der Waals surface area (Å²) in [6.45, 7) is 2.10. The van der Waals surface area contributed by atoms with Crippen LogP contribution < -0.4 is 0 Å². The van der Waals surface area contributed by atoms with E-state index in [4.69, 9.17) is 4.74 Å². The number of carbonyl (C=O) groups excluding carboxylic acids is 1. The molecule has 0 aromatic heterocycles. The topological polar surface area (TPSA) is 35.5 Å². The Balaban J connectivity index is 3.37. The number of ether oxygens (including phenoxy) is 2. The number of halogens is 3. The minimum atomic E-state index is -4.13. The molecule has 0 aromatic rings. The highest BCUT2D eigenvalue weighted by Crippen LogP contribution is 2.20. The minimum Gasteiger partial charge on any atom is -0.463 e. The molecule has 0 unspecified atom stereocenters. The molecule has 0 aliphatic heterocycles. The zero-order chi connectivity index (χ0) is 12.4. The number of hydrogen-bond acceptors (Lipinski definition) is 3. The van der Waals surface area contributed by atoms with Crippen molar-refractivity contribution < 1.29 is 27.4 Å². The second kappa shape index (κ2) is 8.15. The third kappa shape index (κ3) is 11.0. The molecule has 0 saturated heterocycles. The highest BCUT2D eigenvalue weighted by molar-refractivity contribution is 5.81. The molecule has 0 aromatic carbocycles. The van der Waals surface area contributed by atoms with Crippen LogP contribution in [0.15, 0.2) is 12.2 Å². The Hall–Kier alpha value is -1.04. The summed E-state index contributed by atoms with van der Waals surface area (Å²) in [5.74, 6) is -0.485. The van der Waals surface area contributed by atoms with Crippen molar-refractivity contribution in [2.45, 2.75) is 25.9 Å². The minimum absolute atomic E-state index is 0.0205. The maximum atomic E-state index is 11.7. The van der Waals surface area contributed by atoms with E-state index in [9.17, 15) is 18.0 Å². The molecule has 0 saturated carbocycles. The summed E-state index contributed by atoms with van der Waals surface area (Å²) < 4.78 is 44.5. The highest BCUT2D eigenvalue weighted by atomic mass is 19.4. The van der Waals surface area contributed by atoms with E-state index in [1.165, 1.54) is 12.2 Å². The first-order valence-electron chi connectivity index (χ1n) is 4.93. The van der Waals surface area contributed by atoms with Crippen molar-refractivity contribution in [2.75, 3.05) is 19.8 Å². The normalized spacial score (nSPS) is 12.0. The monoisotopic (exact) mass is 240 g/mol. The van der Waals surface area contributed by atoms with Gasteiger partial charge in [-0.25, -0.2) is 4.79 Å². The van der Waals surface area contributed by atoms with Gasteiger partial charge in [0.25, 0.3) is 0 Å². The molecular formula is C10H15F3O3. The van der Waals surface area contributed by atoms with Crippen molar-refractivity contribution in [1.29, 1.82) is 0 Å². The number of rotatable bonds is 7. The van der Waals surface area contributed by atoms with E-state index in [1.54, 1.807) is 6.92 Å². The van der Waals surface area contributed by atoms with E-state index in [2.05, 4.69) is 4.74 Å². The van der Waals surface area contributed by atoms with Gasteiger partial charge < -0.3 is 9.47 Å². The lowest BCUT2D eigenvalue weighted by Crippen LogP contribution is -2.08. The zero-order valence-electron chi connectivity index (χ0n) is 9.05. The molecule has 0 N–H and O–H groups in total. The highest BCUT2D eigenvalue weighted by Gasteiger charge is 2.25. The molecule has 0 rings (SSSR count). The fraction of sp³-hybridized carbons (Fsp3) is 0.700. The maximum absolute atomic E-state index is 11.7. The van der Waals surface area contributed by atoms with Gasteiger partial charge in [0.05, 0.1) is 13.2 Å². The first-order valence-corrected chi connectivity index (χ1v) is 4.93. The third-order valence-corrected chi connectivity index (χ3v) is 1.50. The predicted molar refractivity (Wildman–Crippen MR) is 51.9 cm³/mol. The Labute approximate surface area is 92.2 Å². The quantitative estimate of drug-likeness (QED) is 0.389. The van der Waals surface area contributed by atoms with E-state index >= 15 is 0 Å². The largest absolute Gasteiger partial charge is 0.463 e. The van der Waals surface area contributed by atoms with Crippen LogP contribution in [0.25, 0.3) is 0 Å². The molecule has 16 heavy (non-hydrogen) atoms. The van der Waals surface area contributed by atoms with Gasteiger partial charge in [-0.15, -0.1) is 0 Å².